The summed E-state index contributed by atoms with van der Waals surface area (Å²) in [6.07, 6.45) is -2.88. The van der Waals surface area contributed by atoms with Gasteiger partial charge in [0.05, 0.1) is 4.92 Å². The van der Waals surface area contributed by atoms with Crippen LogP contribution in [0.3, 0.4) is 0 Å². The van der Waals surface area contributed by atoms with Crippen molar-refractivity contribution in [2.24, 2.45) is 0 Å². The average Bonchev–Trinajstić information content (AvgIpc) is 2.14. The van der Waals surface area contributed by atoms with Gasteiger partial charge < -0.3 is 4.74 Å². The van der Waals surface area contributed by atoms with E-state index in [-0.39, 0.29) is 5.75 Å². The van der Waals surface area contributed by atoms with E-state index in [2.05, 4.69) is 4.74 Å². The Kier molecular flexibility index (Phi) is 3.49. The summed E-state index contributed by atoms with van der Waals surface area (Å²) >= 11 is 0. The van der Waals surface area contributed by atoms with Crippen molar-refractivity contribution in [2.45, 2.75) is 6.36 Å². The first-order valence-corrected chi connectivity index (χ1v) is 4.04. The van der Waals surface area contributed by atoms with Gasteiger partial charge in [0.15, 0.2) is 0 Å². The summed E-state index contributed by atoms with van der Waals surface area (Å²) < 4.78 is 38.9. The number of alkyl halides is 3. The van der Waals surface area contributed by atoms with Crippen LogP contribution in [-0.2, 0) is 0 Å². The van der Waals surface area contributed by atoms with E-state index < -0.39 is 11.3 Å². The zero-order valence-electron chi connectivity index (χ0n) is 7.77. The first-order chi connectivity index (χ1) is 7.37. The Morgan fingerprint density at radius 1 is 1.25 bits per heavy atom. The molecule has 0 radical (unpaired) electrons. The quantitative estimate of drug-likeness (QED) is 0.595. The Bertz CT molecular complexity index is 397. The van der Waals surface area contributed by atoms with E-state index in [1.807, 2.05) is 0 Å². The molecule has 0 atom stereocenters. The molecule has 0 amide bonds. The van der Waals surface area contributed by atoms with Crippen LogP contribution in [0.5, 0.6) is 5.75 Å². The van der Waals surface area contributed by atoms with Crippen molar-refractivity contribution in [1.29, 1.82) is 0 Å². The molecule has 0 aliphatic carbocycles. The Balaban J connectivity index is 2.72. The number of rotatable bonds is 3. The topological polar surface area (TPSA) is 52.4 Å². The van der Waals surface area contributed by atoms with Gasteiger partial charge in [-0.1, -0.05) is 12.1 Å². The summed E-state index contributed by atoms with van der Waals surface area (Å²) in [5.74, 6) is -0.370. The van der Waals surface area contributed by atoms with Crippen LogP contribution in [0, 0.1) is 10.1 Å². The molecule has 4 nitrogen and oxygen atoms in total. The minimum absolute atomic E-state index is 0.370. The van der Waals surface area contributed by atoms with Crippen molar-refractivity contribution < 1.29 is 22.8 Å². The normalized spacial score (nSPS) is 11.7. The van der Waals surface area contributed by atoms with E-state index in [1.165, 1.54) is 12.1 Å². The average molecular weight is 233 g/mol. The fraction of sp³-hybridized carbons (Fsp3) is 0.111. The fourth-order valence-electron chi connectivity index (χ4n) is 0.928. The SMILES string of the molecule is O=[N+]([O-])/C=C/c1ccc(OC(F)(F)F)cc1. The standard InChI is InChI=1S/C9H6F3NO3/c10-9(11,12)16-8-3-1-7(2-4-8)5-6-13(14)15/h1-6H/b6-5+. The Morgan fingerprint density at radius 3 is 2.25 bits per heavy atom. The number of hydrogen-bond donors (Lipinski definition) is 0. The van der Waals surface area contributed by atoms with Crippen molar-refractivity contribution in [3.05, 3.63) is 46.1 Å². The summed E-state index contributed by atoms with van der Waals surface area (Å²) in [6.45, 7) is 0. The molecule has 0 fully saturated rings. The monoisotopic (exact) mass is 233 g/mol. The molecule has 0 bridgehead atoms. The molecule has 0 heterocycles. The van der Waals surface area contributed by atoms with Crippen LogP contribution in [-0.4, -0.2) is 11.3 Å². The lowest BCUT2D eigenvalue weighted by atomic mass is 10.2. The smallest absolute Gasteiger partial charge is 0.406 e. The number of nitro groups is 1. The lowest BCUT2D eigenvalue weighted by Gasteiger charge is -2.08. The molecule has 0 aliphatic heterocycles. The summed E-state index contributed by atoms with van der Waals surface area (Å²) in [6, 6.07) is 4.71. The van der Waals surface area contributed by atoms with Crippen LogP contribution in [0.25, 0.3) is 6.08 Å². The lowest BCUT2D eigenvalue weighted by Crippen LogP contribution is -2.16. The van der Waals surface area contributed by atoms with Crippen LogP contribution in [0.4, 0.5) is 13.2 Å². The fourth-order valence-corrected chi connectivity index (χ4v) is 0.928. The molecule has 0 spiro atoms. The molecular formula is C9H6F3NO3. The van der Waals surface area contributed by atoms with Crippen LogP contribution in [0.1, 0.15) is 5.56 Å². The molecule has 1 rings (SSSR count). The molecule has 7 heteroatoms. The van der Waals surface area contributed by atoms with Gasteiger partial charge in [-0.3, -0.25) is 10.1 Å². The van der Waals surface area contributed by atoms with E-state index in [9.17, 15) is 23.3 Å². The van der Waals surface area contributed by atoms with Gasteiger partial charge in [0.25, 0.3) is 0 Å². The maximum Gasteiger partial charge on any atom is 0.573 e. The Hall–Kier alpha value is -2.05. The maximum atomic E-state index is 11.8. The molecule has 0 aromatic heterocycles. The largest absolute Gasteiger partial charge is 0.573 e. The minimum Gasteiger partial charge on any atom is -0.406 e. The van der Waals surface area contributed by atoms with E-state index in [0.717, 1.165) is 18.2 Å². The van der Waals surface area contributed by atoms with Crippen LogP contribution in [0.2, 0.25) is 0 Å². The van der Waals surface area contributed by atoms with E-state index >= 15 is 0 Å². The second kappa shape index (κ2) is 4.65. The number of benzene rings is 1. The van der Waals surface area contributed by atoms with Gasteiger partial charge >= 0.3 is 6.36 Å². The van der Waals surface area contributed by atoms with E-state index in [1.54, 1.807) is 0 Å². The Morgan fingerprint density at radius 2 is 1.81 bits per heavy atom. The van der Waals surface area contributed by atoms with Gasteiger partial charge in [-0.15, -0.1) is 13.2 Å². The molecule has 0 unspecified atom stereocenters. The maximum absolute atomic E-state index is 11.8. The van der Waals surface area contributed by atoms with Crippen molar-refractivity contribution in [3.63, 3.8) is 0 Å². The van der Waals surface area contributed by atoms with Gasteiger partial charge in [0.1, 0.15) is 5.75 Å². The summed E-state index contributed by atoms with van der Waals surface area (Å²) in [5.41, 5.74) is 0.409. The highest BCUT2D eigenvalue weighted by Crippen LogP contribution is 2.22. The third-order valence-corrected chi connectivity index (χ3v) is 1.50. The predicted octanol–water partition coefficient (Wildman–Crippen LogP) is 2.83. The van der Waals surface area contributed by atoms with Crippen LogP contribution < -0.4 is 4.74 Å². The highest BCUT2D eigenvalue weighted by molar-refractivity contribution is 5.49. The van der Waals surface area contributed by atoms with E-state index in [4.69, 9.17) is 0 Å². The second-order valence-electron chi connectivity index (χ2n) is 2.72. The Labute approximate surface area is 88.1 Å². The van der Waals surface area contributed by atoms with Crippen LogP contribution in [0.15, 0.2) is 30.5 Å². The van der Waals surface area contributed by atoms with Gasteiger partial charge in [-0.05, 0) is 17.7 Å². The molecule has 16 heavy (non-hydrogen) atoms. The minimum atomic E-state index is -4.74. The third-order valence-electron chi connectivity index (χ3n) is 1.50. The number of nitrogens with zero attached hydrogens (tertiary/aromatic N) is 1. The van der Waals surface area contributed by atoms with Gasteiger partial charge in [-0.25, -0.2) is 0 Å². The van der Waals surface area contributed by atoms with Crippen molar-refractivity contribution in [1.82, 2.24) is 0 Å². The molecule has 86 valence electrons. The summed E-state index contributed by atoms with van der Waals surface area (Å²) in [7, 11) is 0. The molecule has 1 aromatic rings. The molecule has 0 saturated carbocycles. The van der Waals surface area contributed by atoms with Gasteiger partial charge in [-0.2, -0.15) is 0 Å². The lowest BCUT2D eigenvalue weighted by molar-refractivity contribution is -0.400. The molecule has 1 aromatic carbocycles. The molecule has 0 saturated heterocycles. The van der Waals surface area contributed by atoms with Crippen LogP contribution >= 0.6 is 0 Å². The van der Waals surface area contributed by atoms with Crippen molar-refractivity contribution in [3.8, 4) is 5.75 Å². The van der Waals surface area contributed by atoms with Gasteiger partial charge in [0.2, 0.25) is 6.20 Å². The zero-order chi connectivity index (χ0) is 12.2. The predicted molar refractivity (Wildman–Crippen MR) is 49.2 cm³/mol. The van der Waals surface area contributed by atoms with Crippen molar-refractivity contribution >= 4 is 6.08 Å². The molecular weight excluding hydrogens is 227 g/mol. The first-order valence-electron chi connectivity index (χ1n) is 4.04. The summed E-state index contributed by atoms with van der Waals surface area (Å²) in [4.78, 5) is 9.31. The van der Waals surface area contributed by atoms with Crippen molar-refractivity contribution in [2.75, 3.05) is 0 Å². The summed E-state index contributed by atoms with van der Waals surface area (Å²) in [5, 5.41) is 9.97. The number of hydrogen-bond acceptors (Lipinski definition) is 3. The third kappa shape index (κ3) is 4.45. The molecule has 0 aliphatic rings. The zero-order valence-corrected chi connectivity index (χ0v) is 7.77. The first kappa shape index (κ1) is 12.0. The number of ether oxygens (including phenoxy) is 1. The molecule has 0 N–H and O–H groups in total. The van der Waals surface area contributed by atoms with Gasteiger partial charge in [0, 0.05) is 6.08 Å². The second-order valence-corrected chi connectivity index (χ2v) is 2.72. The highest BCUT2D eigenvalue weighted by Gasteiger charge is 2.30. The number of halogens is 3. The van der Waals surface area contributed by atoms with E-state index in [0.29, 0.717) is 11.8 Å². The highest BCUT2D eigenvalue weighted by atomic mass is 19.4.